The van der Waals surface area contributed by atoms with Crippen LogP contribution in [0.3, 0.4) is 0 Å². The van der Waals surface area contributed by atoms with E-state index in [9.17, 15) is 9.59 Å². The molecule has 3 N–H and O–H groups in total. The summed E-state index contributed by atoms with van der Waals surface area (Å²) in [5.74, 6) is -0.986. The van der Waals surface area contributed by atoms with Crippen LogP contribution in [0.1, 0.15) is 32.6 Å². The molecule has 1 fully saturated rings. The van der Waals surface area contributed by atoms with Crippen molar-refractivity contribution in [3.63, 3.8) is 0 Å². The van der Waals surface area contributed by atoms with Gasteiger partial charge in [-0.05, 0) is 32.7 Å². The van der Waals surface area contributed by atoms with Crippen molar-refractivity contribution in [3.8, 4) is 0 Å². The lowest BCUT2D eigenvalue weighted by molar-refractivity contribution is -0.137. The number of carbonyl (C=O) groups is 2. The summed E-state index contributed by atoms with van der Waals surface area (Å²) in [6.07, 6.45) is 2.92. The Morgan fingerprint density at radius 2 is 2.20 bits per heavy atom. The molecule has 1 saturated heterocycles. The van der Waals surface area contributed by atoms with Gasteiger partial charge >= 0.3 is 5.97 Å². The molecule has 0 aromatic carbocycles. The molecule has 0 spiro atoms. The van der Waals surface area contributed by atoms with Gasteiger partial charge in [0.2, 0.25) is 5.91 Å². The number of carboxylic acids is 1. The number of carboxylic acid groups (broad SMARTS) is 1. The van der Waals surface area contributed by atoms with Crippen LogP contribution in [-0.2, 0) is 9.59 Å². The van der Waals surface area contributed by atoms with E-state index in [4.69, 9.17) is 5.11 Å². The van der Waals surface area contributed by atoms with Gasteiger partial charge in [-0.2, -0.15) is 0 Å². The van der Waals surface area contributed by atoms with Crippen LogP contribution in [0.4, 0.5) is 0 Å². The van der Waals surface area contributed by atoms with Crippen LogP contribution in [0.15, 0.2) is 0 Å². The van der Waals surface area contributed by atoms with Crippen molar-refractivity contribution >= 4 is 11.9 Å². The normalized spacial score (nSPS) is 25.9. The van der Waals surface area contributed by atoms with Crippen LogP contribution >= 0.6 is 0 Å². The van der Waals surface area contributed by atoms with Crippen molar-refractivity contribution in [1.82, 2.24) is 10.6 Å². The summed E-state index contributed by atoms with van der Waals surface area (Å²) < 4.78 is 0. The van der Waals surface area contributed by atoms with E-state index >= 15 is 0 Å². The van der Waals surface area contributed by atoms with Crippen molar-refractivity contribution in [2.75, 3.05) is 13.1 Å². The molecule has 5 heteroatoms. The van der Waals surface area contributed by atoms with Gasteiger partial charge in [-0.1, -0.05) is 0 Å². The zero-order valence-electron chi connectivity index (χ0n) is 9.01. The molecule has 0 aromatic rings. The van der Waals surface area contributed by atoms with Gasteiger partial charge in [-0.15, -0.1) is 0 Å². The molecule has 1 unspecified atom stereocenters. The number of hydrogen-bond donors (Lipinski definition) is 3. The molecule has 1 amide bonds. The average Bonchev–Trinajstić information content (AvgIpc) is 2.18. The third kappa shape index (κ3) is 3.51. The monoisotopic (exact) mass is 214 g/mol. The van der Waals surface area contributed by atoms with Crippen molar-refractivity contribution in [1.29, 1.82) is 0 Å². The standard InChI is InChI=1S/C10H18N2O3/c1-10(5-2-3-6-12-10)9(15)11-7-4-8(13)14/h12H,2-7H2,1H3,(H,11,15)(H,13,14). The number of hydrogen-bond acceptors (Lipinski definition) is 3. The van der Waals surface area contributed by atoms with E-state index in [1.165, 1.54) is 0 Å². The van der Waals surface area contributed by atoms with Crippen LogP contribution in [0.2, 0.25) is 0 Å². The van der Waals surface area contributed by atoms with Gasteiger partial charge in [-0.3, -0.25) is 9.59 Å². The minimum atomic E-state index is -0.892. The fourth-order valence-electron chi connectivity index (χ4n) is 1.73. The molecule has 0 bridgehead atoms. The second kappa shape index (κ2) is 5.11. The van der Waals surface area contributed by atoms with Crippen LogP contribution in [-0.4, -0.2) is 35.6 Å². The molecule has 15 heavy (non-hydrogen) atoms. The third-order valence-corrected chi connectivity index (χ3v) is 2.74. The van der Waals surface area contributed by atoms with E-state index in [1.54, 1.807) is 0 Å². The van der Waals surface area contributed by atoms with E-state index in [0.717, 1.165) is 25.8 Å². The molecule has 0 aliphatic carbocycles. The van der Waals surface area contributed by atoms with E-state index < -0.39 is 11.5 Å². The van der Waals surface area contributed by atoms with Gasteiger partial charge in [0.1, 0.15) is 0 Å². The predicted molar refractivity (Wildman–Crippen MR) is 55.5 cm³/mol. The molecule has 86 valence electrons. The number of aliphatic carboxylic acids is 1. The number of carbonyl (C=O) groups excluding carboxylic acids is 1. The van der Waals surface area contributed by atoms with Crippen LogP contribution in [0.25, 0.3) is 0 Å². The van der Waals surface area contributed by atoms with Gasteiger partial charge < -0.3 is 15.7 Å². The zero-order valence-corrected chi connectivity index (χ0v) is 9.01. The Kier molecular flexibility index (Phi) is 4.08. The van der Waals surface area contributed by atoms with Crippen molar-refractivity contribution in [2.24, 2.45) is 0 Å². The Labute approximate surface area is 89.2 Å². The van der Waals surface area contributed by atoms with Crippen LogP contribution < -0.4 is 10.6 Å². The predicted octanol–water partition coefficient (Wildman–Crippen LogP) is 0.109. The summed E-state index contributed by atoms with van der Waals surface area (Å²) in [6, 6.07) is 0. The molecule has 1 aliphatic heterocycles. The Morgan fingerprint density at radius 1 is 1.47 bits per heavy atom. The van der Waals surface area contributed by atoms with Crippen LogP contribution in [0, 0.1) is 0 Å². The topological polar surface area (TPSA) is 78.4 Å². The second-order valence-electron chi connectivity index (χ2n) is 4.12. The first-order chi connectivity index (χ1) is 7.04. The molecule has 1 aliphatic rings. The maximum Gasteiger partial charge on any atom is 0.305 e. The Morgan fingerprint density at radius 3 is 2.73 bits per heavy atom. The summed E-state index contributed by atoms with van der Waals surface area (Å²) in [5, 5.41) is 14.2. The largest absolute Gasteiger partial charge is 0.481 e. The maximum atomic E-state index is 11.7. The molecule has 1 rings (SSSR count). The maximum absolute atomic E-state index is 11.7. The average molecular weight is 214 g/mol. The summed E-state index contributed by atoms with van der Waals surface area (Å²) in [6.45, 7) is 2.91. The summed E-state index contributed by atoms with van der Waals surface area (Å²) in [5.41, 5.74) is -0.517. The molecule has 0 radical (unpaired) electrons. The fourth-order valence-corrected chi connectivity index (χ4v) is 1.73. The van der Waals surface area contributed by atoms with Crippen molar-refractivity contribution in [3.05, 3.63) is 0 Å². The minimum Gasteiger partial charge on any atom is -0.481 e. The molecule has 1 heterocycles. The number of amides is 1. The van der Waals surface area contributed by atoms with Gasteiger partial charge in [0.05, 0.1) is 12.0 Å². The van der Waals surface area contributed by atoms with E-state index in [2.05, 4.69) is 10.6 Å². The van der Waals surface area contributed by atoms with E-state index in [-0.39, 0.29) is 18.9 Å². The lowest BCUT2D eigenvalue weighted by atomic mass is 9.90. The fraction of sp³-hybridized carbons (Fsp3) is 0.800. The Bertz CT molecular complexity index is 247. The lowest BCUT2D eigenvalue weighted by Crippen LogP contribution is -2.57. The summed E-state index contributed by atoms with van der Waals surface area (Å²) in [4.78, 5) is 22.0. The Hall–Kier alpha value is -1.10. The first-order valence-corrected chi connectivity index (χ1v) is 5.30. The highest BCUT2D eigenvalue weighted by molar-refractivity contribution is 5.86. The first-order valence-electron chi connectivity index (χ1n) is 5.30. The van der Waals surface area contributed by atoms with Crippen LogP contribution in [0.5, 0.6) is 0 Å². The highest BCUT2D eigenvalue weighted by atomic mass is 16.4. The van der Waals surface area contributed by atoms with Gasteiger partial charge in [0.15, 0.2) is 0 Å². The van der Waals surface area contributed by atoms with Crippen molar-refractivity contribution < 1.29 is 14.7 Å². The summed E-state index contributed by atoms with van der Waals surface area (Å²) in [7, 11) is 0. The molecule has 1 atom stereocenters. The number of piperidine rings is 1. The molecular formula is C10H18N2O3. The highest BCUT2D eigenvalue weighted by Gasteiger charge is 2.33. The van der Waals surface area contributed by atoms with Gasteiger partial charge in [0.25, 0.3) is 0 Å². The Balaban J connectivity index is 2.34. The SMILES string of the molecule is CC1(C(=O)NCCC(=O)O)CCCCN1. The van der Waals surface area contributed by atoms with Crippen molar-refractivity contribution in [2.45, 2.75) is 38.1 Å². The summed E-state index contributed by atoms with van der Waals surface area (Å²) >= 11 is 0. The van der Waals surface area contributed by atoms with E-state index in [1.807, 2.05) is 6.92 Å². The number of rotatable bonds is 4. The third-order valence-electron chi connectivity index (χ3n) is 2.74. The highest BCUT2D eigenvalue weighted by Crippen LogP contribution is 2.18. The quantitative estimate of drug-likeness (QED) is 0.620. The lowest BCUT2D eigenvalue weighted by Gasteiger charge is -2.33. The van der Waals surface area contributed by atoms with Gasteiger partial charge in [-0.25, -0.2) is 0 Å². The second-order valence-corrected chi connectivity index (χ2v) is 4.12. The molecule has 0 saturated carbocycles. The van der Waals surface area contributed by atoms with Gasteiger partial charge in [0, 0.05) is 6.54 Å². The smallest absolute Gasteiger partial charge is 0.305 e. The molecular weight excluding hydrogens is 196 g/mol. The minimum absolute atomic E-state index is 0.0260. The number of nitrogens with one attached hydrogen (secondary N) is 2. The molecule has 5 nitrogen and oxygen atoms in total. The van der Waals surface area contributed by atoms with E-state index in [0.29, 0.717) is 0 Å². The zero-order chi connectivity index (χ0) is 11.3. The first kappa shape index (κ1) is 12.0. The molecule has 0 aromatic heterocycles.